The van der Waals surface area contributed by atoms with E-state index in [9.17, 15) is 4.79 Å². The number of anilines is 1. The van der Waals surface area contributed by atoms with Crippen molar-refractivity contribution in [1.29, 1.82) is 0 Å². The number of thioether (sulfide) groups is 1. The fourth-order valence-corrected chi connectivity index (χ4v) is 4.62. The molecule has 32 heavy (non-hydrogen) atoms. The fourth-order valence-electron chi connectivity index (χ4n) is 3.72. The number of carbonyl (C=O) groups is 1. The van der Waals surface area contributed by atoms with Crippen molar-refractivity contribution in [3.8, 4) is 22.6 Å². The van der Waals surface area contributed by atoms with Gasteiger partial charge in [0.15, 0.2) is 11.5 Å². The van der Waals surface area contributed by atoms with Crippen LogP contribution >= 0.6 is 11.8 Å². The lowest BCUT2D eigenvalue weighted by atomic mass is 10.1. The van der Waals surface area contributed by atoms with Crippen molar-refractivity contribution in [3.63, 3.8) is 0 Å². The second-order valence-electron chi connectivity index (χ2n) is 7.42. The van der Waals surface area contributed by atoms with Crippen molar-refractivity contribution in [1.82, 2.24) is 10.3 Å². The predicted molar refractivity (Wildman–Crippen MR) is 130 cm³/mol. The van der Waals surface area contributed by atoms with Gasteiger partial charge in [-0.2, -0.15) is 11.8 Å². The molecule has 3 aromatic rings. The number of pyridine rings is 1. The second kappa shape index (κ2) is 10.4. The highest BCUT2D eigenvalue weighted by molar-refractivity contribution is 7.99. The van der Waals surface area contributed by atoms with Crippen LogP contribution in [0.15, 0.2) is 60.8 Å². The lowest BCUT2D eigenvalue weighted by Gasteiger charge is -2.27. The highest BCUT2D eigenvalue weighted by Crippen LogP contribution is 2.30. The van der Waals surface area contributed by atoms with Crippen molar-refractivity contribution < 1.29 is 14.3 Å². The number of amides is 1. The van der Waals surface area contributed by atoms with Gasteiger partial charge < -0.3 is 19.7 Å². The summed E-state index contributed by atoms with van der Waals surface area (Å²) in [5.41, 5.74) is 3.53. The smallest absolute Gasteiger partial charge is 0.251 e. The molecule has 1 aromatic heterocycles. The summed E-state index contributed by atoms with van der Waals surface area (Å²) >= 11 is 1.99. The van der Waals surface area contributed by atoms with Crippen LogP contribution in [0.1, 0.15) is 15.9 Å². The number of nitrogens with one attached hydrogen (secondary N) is 1. The van der Waals surface area contributed by atoms with Gasteiger partial charge in [0, 0.05) is 54.0 Å². The van der Waals surface area contributed by atoms with E-state index in [4.69, 9.17) is 9.47 Å². The molecule has 2 heterocycles. The molecule has 0 aliphatic carbocycles. The number of hydrogen-bond donors (Lipinski definition) is 1. The average molecular weight is 450 g/mol. The summed E-state index contributed by atoms with van der Waals surface area (Å²) in [6.45, 7) is 2.44. The molecular weight excluding hydrogens is 422 g/mol. The van der Waals surface area contributed by atoms with Crippen molar-refractivity contribution >= 4 is 23.5 Å². The van der Waals surface area contributed by atoms with Gasteiger partial charge in [0.2, 0.25) is 0 Å². The molecule has 7 heteroatoms. The number of ether oxygens (including phenoxy) is 2. The van der Waals surface area contributed by atoms with Crippen LogP contribution in [0.25, 0.3) is 11.1 Å². The number of benzene rings is 2. The molecule has 2 aromatic carbocycles. The molecule has 1 amide bonds. The molecule has 0 saturated carbocycles. The highest BCUT2D eigenvalue weighted by Gasteiger charge is 2.13. The van der Waals surface area contributed by atoms with Crippen LogP contribution in [0.2, 0.25) is 0 Å². The molecule has 0 radical (unpaired) electrons. The van der Waals surface area contributed by atoms with Crippen molar-refractivity contribution in [2.75, 3.05) is 43.7 Å². The number of rotatable bonds is 7. The van der Waals surface area contributed by atoms with Gasteiger partial charge >= 0.3 is 0 Å². The van der Waals surface area contributed by atoms with E-state index in [-0.39, 0.29) is 5.91 Å². The number of methoxy groups -OCH3 is 2. The molecule has 6 nitrogen and oxygen atoms in total. The van der Waals surface area contributed by atoms with Gasteiger partial charge in [-0.25, -0.2) is 4.98 Å². The average Bonchev–Trinajstić information content (AvgIpc) is 2.87. The van der Waals surface area contributed by atoms with Crippen LogP contribution in [0.5, 0.6) is 11.5 Å². The van der Waals surface area contributed by atoms with Gasteiger partial charge in [0.1, 0.15) is 5.82 Å². The van der Waals surface area contributed by atoms with Crippen LogP contribution in [-0.2, 0) is 6.54 Å². The standard InChI is InChI=1S/C25H27N3O3S/c1-30-22-5-3-4-21(24(22)31-2)17-27-25(29)19-8-6-18(7-9-19)20-10-11-23(26-16-20)28-12-14-32-15-13-28/h3-11,16H,12-15,17H2,1-2H3,(H,27,29). The minimum absolute atomic E-state index is 0.141. The Labute approximate surface area is 193 Å². The highest BCUT2D eigenvalue weighted by atomic mass is 32.2. The molecule has 1 aliphatic rings. The van der Waals surface area contributed by atoms with Crippen LogP contribution in [-0.4, -0.2) is 49.7 Å². The summed E-state index contributed by atoms with van der Waals surface area (Å²) in [5.74, 6) is 4.46. The normalized spacial score (nSPS) is 13.5. The van der Waals surface area contributed by atoms with Crippen molar-refractivity contribution in [2.24, 2.45) is 0 Å². The Hall–Kier alpha value is -3.19. The minimum Gasteiger partial charge on any atom is -0.493 e. The maximum atomic E-state index is 12.6. The molecular formula is C25H27N3O3S. The van der Waals surface area contributed by atoms with Gasteiger partial charge in [0.05, 0.1) is 14.2 Å². The summed E-state index contributed by atoms with van der Waals surface area (Å²) in [4.78, 5) is 19.6. The summed E-state index contributed by atoms with van der Waals surface area (Å²) in [5, 5.41) is 2.95. The third kappa shape index (κ3) is 4.99. The van der Waals surface area contributed by atoms with E-state index in [1.165, 1.54) is 0 Å². The van der Waals surface area contributed by atoms with Gasteiger partial charge in [-0.05, 0) is 35.9 Å². The lowest BCUT2D eigenvalue weighted by Crippen LogP contribution is -2.32. The first-order chi connectivity index (χ1) is 15.7. The summed E-state index contributed by atoms with van der Waals surface area (Å²) in [7, 11) is 3.19. The van der Waals surface area contributed by atoms with E-state index in [2.05, 4.69) is 27.3 Å². The molecule has 0 atom stereocenters. The van der Waals surface area contributed by atoms with Gasteiger partial charge in [-0.3, -0.25) is 4.79 Å². The van der Waals surface area contributed by atoms with E-state index in [0.717, 1.165) is 47.1 Å². The van der Waals surface area contributed by atoms with Crippen LogP contribution in [0, 0.1) is 0 Å². The third-order valence-electron chi connectivity index (χ3n) is 5.49. The topological polar surface area (TPSA) is 63.7 Å². The SMILES string of the molecule is COc1cccc(CNC(=O)c2ccc(-c3ccc(N4CCSCC4)nc3)cc2)c1OC. The Balaban J connectivity index is 1.39. The van der Waals surface area contributed by atoms with Crippen molar-refractivity contribution in [2.45, 2.75) is 6.54 Å². The second-order valence-corrected chi connectivity index (χ2v) is 8.64. The van der Waals surface area contributed by atoms with E-state index in [1.54, 1.807) is 14.2 Å². The van der Waals surface area contributed by atoms with E-state index in [1.807, 2.05) is 60.4 Å². The monoisotopic (exact) mass is 449 g/mol. The zero-order chi connectivity index (χ0) is 22.3. The summed E-state index contributed by atoms with van der Waals surface area (Å²) in [6.07, 6.45) is 1.90. The molecule has 0 bridgehead atoms. The molecule has 166 valence electrons. The van der Waals surface area contributed by atoms with Crippen LogP contribution in [0.3, 0.4) is 0 Å². The Bertz CT molecular complexity index is 1050. The van der Waals surface area contributed by atoms with E-state index in [0.29, 0.717) is 23.6 Å². The largest absolute Gasteiger partial charge is 0.493 e. The third-order valence-corrected chi connectivity index (χ3v) is 6.43. The quantitative estimate of drug-likeness (QED) is 0.582. The van der Waals surface area contributed by atoms with E-state index >= 15 is 0 Å². The number of carbonyl (C=O) groups excluding carboxylic acids is 1. The zero-order valence-electron chi connectivity index (χ0n) is 18.3. The number of hydrogen-bond acceptors (Lipinski definition) is 6. The maximum absolute atomic E-state index is 12.6. The van der Waals surface area contributed by atoms with Gasteiger partial charge in [-0.1, -0.05) is 24.3 Å². The first kappa shape index (κ1) is 22.0. The number of nitrogens with zero attached hydrogens (tertiary/aromatic N) is 2. The Morgan fingerprint density at radius 3 is 2.41 bits per heavy atom. The fraction of sp³-hybridized carbons (Fsp3) is 0.280. The Morgan fingerprint density at radius 2 is 1.75 bits per heavy atom. The predicted octanol–water partition coefficient (Wildman–Crippen LogP) is 4.25. The molecule has 1 aliphatic heterocycles. The van der Waals surface area contributed by atoms with Gasteiger partial charge in [-0.15, -0.1) is 0 Å². The maximum Gasteiger partial charge on any atom is 0.251 e. The first-order valence-corrected chi connectivity index (χ1v) is 11.7. The molecule has 0 spiro atoms. The number of para-hydroxylation sites is 1. The molecule has 1 saturated heterocycles. The van der Waals surface area contributed by atoms with Gasteiger partial charge in [0.25, 0.3) is 5.91 Å². The number of aromatic nitrogens is 1. The molecule has 1 fully saturated rings. The Kier molecular flexibility index (Phi) is 7.17. The molecule has 0 unspecified atom stereocenters. The van der Waals surface area contributed by atoms with Crippen LogP contribution in [0.4, 0.5) is 5.82 Å². The molecule has 4 rings (SSSR count). The van der Waals surface area contributed by atoms with Crippen molar-refractivity contribution in [3.05, 3.63) is 71.9 Å². The van der Waals surface area contributed by atoms with Crippen LogP contribution < -0.4 is 19.7 Å². The minimum atomic E-state index is -0.141. The zero-order valence-corrected chi connectivity index (χ0v) is 19.2. The molecule has 1 N–H and O–H groups in total. The summed E-state index contributed by atoms with van der Waals surface area (Å²) < 4.78 is 10.7. The lowest BCUT2D eigenvalue weighted by molar-refractivity contribution is 0.0950. The van der Waals surface area contributed by atoms with E-state index < -0.39 is 0 Å². The first-order valence-electron chi connectivity index (χ1n) is 10.6. The Morgan fingerprint density at radius 1 is 1.00 bits per heavy atom. The summed E-state index contributed by atoms with van der Waals surface area (Å²) in [6, 6.07) is 17.4.